The number of nitrogens with zero attached hydrogens (tertiary/aromatic N) is 6. The lowest BCUT2D eigenvalue weighted by molar-refractivity contribution is 0.0586. The van der Waals surface area contributed by atoms with Crippen LogP contribution in [-0.2, 0) is 12.6 Å². The number of hydrogen-bond acceptors (Lipinski definition) is 7. The van der Waals surface area contributed by atoms with Crippen molar-refractivity contribution in [2.24, 2.45) is 7.05 Å². The normalized spacial score (nSPS) is 13.4. The monoisotopic (exact) mass is 468 g/mol. The van der Waals surface area contributed by atoms with Crippen LogP contribution < -0.4 is 5.73 Å². The predicted molar refractivity (Wildman–Crippen MR) is 136 cm³/mol. The largest absolute Gasteiger partial charge is 0.379 e. The lowest BCUT2D eigenvalue weighted by Gasteiger charge is -2.30. The van der Waals surface area contributed by atoms with Crippen molar-refractivity contribution in [3.63, 3.8) is 0 Å². The number of aromatic nitrogens is 6. The molecular formula is C26H28N8O. The maximum absolute atomic E-state index is 12.0. The highest BCUT2D eigenvalue weighted by atomic mass is 16.3. The van der Waals surface area contributed by atoms with Crippen LogP contribution in [0.3, 0.4) is 0 Å². The van der Waals surface area contributed by atoms with Gasteiger partial charge in [-0.15, -0.1) is 0 Å². The molecule has 9 heteroatoms. The summed E-state index contributed by atoms with van der Waals surface area (Å²) in [6.45, 7) is 0.663. The molecule has 5 aromatic rings. The quantitative estimate of drug-likeness (QED) is 0.335. The Balaban J connectivity index is 1.63. The van der Waals surface area contributed by atoms with E-state index in [4.69, 9.17) is 5.73 Å². The van der Waals surface area contributed by atoms with Crippen molar-refractivity contribution in [2.45, 2.75) is 12.0 Å². The average molecular weight is 469 g/mol. The third-order valence-electron chi connectivity index (χ3n) is 6.18. The molecule has 178 valence electrons. The molecule has 1 unspecified atom stereocenters. The summed E-state index contributed by atoms with van der Waals surface area (Å²) in [7, 11) is 5.83. The summed E-state index contributed by atoms with van der Waals surface area (Å²) in [5.74, 6) is 0.0995. The van der Waals surface area contributed by atoms with Gasteiger partial charge in [0.25, 0.3) is 0 Å². The number of aromatic amines is 1. The molecule has 0 spiro atoms. The molecule has 4 aromatic heterocycles. The molecule has 0 amide bonds. The zero-order valence-electron chi connectivity index (χ0n) is 20.0. The van der Waals surface area contributed by atoms with E-state index < -0.39 is 5.60 Å². The van der Waals surface area contributed by atoms with Crippen LogP contribution in [0.25, 0.3) is 33.4 Å². The molecule has 0 radical (unpaired) electrons. The Kier molecular flexibility index (Phi) is 5.80. The number of benzene rings is 1. The first-order valence-electron chi connectivity index (χ1n) is 11.4. The maximum atomic E-state index is 12.0. The number of aryl methyl sites for hydroxylation is 1. The van der Waals surface area contributed by atoms with Crippen LogP contribution in [0.15, 0.2) is 67.3 Å². The van der Waals surface area contributed by atoms with Gasteiger partial charge in [-0.2, -0.15) is 5.10 Å². The summed E-state index contributed by atoms with van der Waals surface area (Å²) in [5.41, 5.74) is 10.2. The van der Waals surface area contributed by atoms with E-state index in [2.05, 4.69) is 31.1 Å². The lowest BCUT2D eigenvalue weighted by Crippen LogP contribution is -2.33. The van der Waals surface area contributed by atoms with E-state index in [9.17, 15) is 5.11 Å². The Morgan fingerprint density at radius 3 is 2.60 bits per heavy atom. The highest BCUT2D eigenvalue weighted by Crippen LogP contribution is 2.36. The molecule has 4 N–H and O–H groups in total. The Morgan fingerprint density at radius 2 is 1.89 bits per heavy atom. The van der Waals surface area contributed by atoms with E-state index >= 15 is 0 Å². The smallest absolute Gasteiger partial charge is 0.220 e. The molecule has 4 heterocycles. The summed E-state index contributed by atoms with van der Waals surface area (Å²) >= 11 is 0. The molecule has 0 bridgehead atoms. The van der Waals surface area contributed by atoms with Gasteiger partial charge in [-0.3, -0.25) is 4.68 Å². The number of hydrogen-bond donors (Lipinski definition) is 3. The van der Waals surface area contributed by atoms with Gasteiger partial charge in [0.05, 0.1) is 17.6 Å². The molecule has 1 atom stereocenters. The molecule has 0 aliphatic heterocycles. The van der Waals surface area contributed by atoms with Gasteiger partial charge >= 0.3 is 0 Å². The second kappa shape index (κ2) is 8.94. The molecule has 35 heavy (non-hydrogen) atoms. The second-order valence-electron chi connectivity index (χ2n) is 9.00. The summed E-state index contributed by atoms with van der Waals surface area (Å²) in [5, 5.41) is 17.1. The number of nitrogens with one attached hydrogen (secondary N) is 1. The molecule has 0 aliphatic rings. The molecule has 1 aromatic carbocycles. The Hall–Kier alpha value is -4.08. The first-order chi connectivity index (χ1) is 16.8. The van der Waals surface area contributed by atoms with Crippen molar-refractivity contribution in [1.29, 1.82) is 0 Å². The average Bonchev–Trinajstić information content (AvgIpc) is 3.48. The number of aliphatic hydroxyl groups is 1. The van der Waals surface area contributed by atoms with Crippen LogP contribution in [0, 0.1) is 0 Å². The van der Waals surface area contributed by atoms with Crippen molar-refractivity contribution >= 4 is 17.0 Å². The van der Waals surface area contributed by atoms with Crippen LogP contribution in [-0.4, -0.2) is 60.4 Å². The van der Waals surface area contributed by atoms with Crippen LogP contribution in [0.2, 0.25) is 0 Å². The van der Waals surface area contributed by atoms with E-state index in [1.165, 1.54) is 0 Å². The fraction of sp³-hybridized carbons (Fsp3) is 0.231. The van der Waals surface area contributed by atoms with Crippen LogP contribution >= 0.6 is 0 Å². The fourth-order valence-corrected chi connectivity index (χ4v) is 4.28. The van der Waals surface area contributed by atoms with Gasteiger partial charge in [0.1, 0.15) is 11.2 Å². The Morgan fingerprint density at radius 1 is 1.09 bits per heavy atom. The zero-order valence-corrected chi connectivity index (χ0v) is 20.0. The topological polar surface area (TPSA) is 122 Å². The number of rotatable bonds is 7. The summed E-state index contributed by atoms with van der Waals surface area (Å²) in [6, 6.07) is 13.4. The molecular weight excluding hydrogens is 440 g/mol. The fourth-order valence-electron chi connectivity index (χ4n) is 4.28. The van der Waals surface area contributed by atoms with Crippen molar-refractivity contribution in [2.75, 3.05) is 26.4 Å². The summed E-state index contributed by atoms with van der Waals surface area (Å²) in [6.07, 6.45) is 7.87. The van der Waals surface area contributed by atoms with E-state index in [0.29, 0.717) is 24.4 Å². The minimum Gasteiger partial charge on any atom is -0.379 e. The highest BCUT2D eigenvalue weighted by Gasteiger charge is 2.34. The molecule has 0 aliphatic carbocycles. The third-order valence-corrected chi connectivity index (χ3v) is 6.18. The maximum Gasteiger partial charge on any atom is 0.220 e. The van der Waals surface area contributed by atoms with E-state index in [0.717, 1.165) is 33.3 Å². The number of H-pyrrole nitrogens is 1. The third kappa shape index (κ3) is 4.39. The van der Waals surface area contributed by atoms with Crippen LogP contribution in [0.5, 0.6) is 0 Å². The Labute approximate surface area is 203 Å². The molecule has 0 saturated heterocycles. The first-order valence-corrected chi connectivity index (χ1v) is 11.4. The second-order valence-corrected chi connectivity index (χ2v) is 9.00. The highest BCUT2D eigenvalue weighted by molar-refractivity contribution is 5.95. The van der Waals surface area contributed by atoms with E-state index in [1.807, 2.05) is 81.0 Å². The summed E-state index contributed by atoms with van der Waals surface area (Å²) in [4.78, 5) is 18.8. The van der Waals surface area contributed by atoms with Crippen molar-refractivity contribution in [1.82, 2.24) is 34.6 Å². The van der Waals surface area contributed by atoms with Crippen molar-refractivity contribution in [3.05, 3.63) is 78.5 Å². The Bertz CT molecular complexity index is 1470. The first kappa shape index (κ1) is 22.7. The van der Waals surface area contributed by atoms with Gasteiger partial charge in [-0.1, -0.05) is 30.3 Å². The molecule has 0 saturated carbocycles. The minimum atomic E-state index is -1.33. The van der Waals surface area contributed by atoms with Gasteiger partial charge in [0, 0.05) is 54.3 Å². The van der Waals surface area contributed by atoms with Crippen molar-refractivity contribution < 1.29 is 5.11 Å². The lowest BCUT2D eigenvalue weighted by atomic mass is 9.86. The van der Waals surface area contributed by atoms with Gasteiger partial charge in [0.2, 0.25) is 5.95 Å². The SMILES string of the molecule is CN(C)CCC(O)(c1ccccc1)c1cc(-c2c[nH]c3ncc(-c4cnn(C)c4)cc23)nc(N)n1. The number of fused-ring (bicyclic) bond motifs is 1. The van der Waals surface area contributed by atoms with Gasteiger partial charge < -0.3 is 20.7 Å². The van der Waals surface area contributed by atoms with Crippen LogP contribution in [0.4, 0.5) is 5.95 Å². The molecule has 5 rings (SSSR count). The van der Waals surface area contributed by atoms with E-state index in [1.54, 1.807) is 10.9 Å². The van der Waals surface area contributed by atoms with Gasteiger partial charge in [0.15, 0.2) is 0 Å². The number of anilines is 1. The number of pyridine rings is 1. The van der Waals surface area contributed by atoms with E-state index in [-0.39, 0.29) is 5.95 Å². The predicted octanol–water partition coefficient (Wildman–Crippen LogP) is 3.19. The summed E-state index contributed by atoms with van der Waals surface area (Å²) < 4.78 is 1.76. The van der Waals surface area contributed by atoms with Gasteiger partial charge in [-0.05, 0) is 38.2 Å². The number of nitrogen functional groups attached to an aromatic ring is 1. The minimum absolute atomic E-state index is 0.0995. The zero-order chi connectivity index (χ0) is 24.6. The number of nitrogens with two attached hydrogens (primary N) is 1. The molecule has 0 fully saturated rings. The molecule has 9 nitrogen and oxygen atoms in total. The van der Waals surface area contributed by atoms with Crippen molar-refractivity contribution in [3.8, 4) is 22.4 Å². The van der Waals surface area contributed by atoms with Gasteiger partial charge in [-0.25, -0.2) is 15.0 Å². The standard InChI is InChI=1S/C26H28N8O/c1-33(2)10-9-26(35,19-7-5-4-6-8-19)23-12-22(31-25(27)32-23)21-15-29-24-20(21)11-17(13-28-24)18-14-30-34(3)16-18/h4-8,11-16,35H,9-10H2,1-3H3,(H,28,29)(H2,27,31,32). The van der Waals surface area contributed by atoms with Crippen LogP contribution in [0.1, 0.15) is 17.7 Å².